The van der Waals surface area contributed by atoms with Crippen LogP contribution in [0.3, 0.4) is 0 Å². The van der Waals surface area contributed by atoms with Crippen LogP contribution < -0.4 is 5.32 Å². The predicted molar refractivity (Wildman–Crippen MR) is 72.2 cm³/mol. The van der Waals surface area contributed by atoms with Gasteiger partial charge in [-0.25, -0.2) is 4.39 Å². The number of hydrogen-bond acceptors (Lipinski definition) is 4. The zero-order valence-corrected chi connectivity index (χ0v) is 11.7. The van der Waals surface area contributed by atoms with Crippen molar-refractivity contribution >= 4 is 17.3 Å². The van der Waals surface area contributed by atoms with E-state index in [1.165, 1.54) is 0 Å². The molecule has 116 valence electrons. The number of nitro benzene ring substituents is 1. The standard InChI is InChI=1S/C13H16F2N2O4/c1-3-13(4-2,12(18)19)7-16-10-6-8(14)5-9(15)11(10)17(20)21/h5-6,16H,3-4,7H2,1-2H3,(H,18,19). The number of hydrogen-bond donors (Lipinski definition) is 2. The third kappa shape index (κ3) is 3.45. The number of benzene rings is 1. The minimum atomic E-state index is -1.31. The Morgan fingerprint density at radius 1 is 1.38 bits per heavy atom. The Bertz CT molecular complexity index is 559. The summed E-state index contributed by atoms with van der Waals surface area (Å²) in [6, 6.07) is 1.19. The van der Waals surface area contributed by atoms with Crippen molar-refractivity contribution in [2.75, 3.05) is 11.9 Å². The lowest BCUT2D eigenvalue weighted by Crippen LogP contribution is -2.37. The highest BCUT2D eigenvalue weighted by atomic mass is 19.1. The van der Waals surface area contributed by atoms with Crippen molar-refractivity contribution in [3.8, 4) is 0 Å². The van der Waals surface area contributed by atoms with Crippen LogP contribution in [0, 0.1) is 27.2 Å². The van der Waals surface area contributed by atoms with E-state index in [-0.39, 0.29) is 25.1 Å². The maximum atomic E-state index is 13.5. The maximum absolute atomic E-state index is 13.5. The van der Waals surface area contributed by atoms with E-state index in [0.29, 0.717) is 6.07 Å². The van der Waals surface area contributed by atoms with Crippen molar-refractivity contribution in [2.24, 2.45) is 5.41 Å². The molecule has 0 saturated carbocycles. The van der Waals surface area contributed by atoms with Crippen LogP contribution in [0.1, 0.15) is 26.7 Å². The lowest BCUT2D eigenvalue weighted by Gasteiger charge is -2.27. The van der Waals surface area contributed by atoms with Gasteiger partial charge >= 0.3 is 11.7 Å². The minimum Gasteiger partial charge on any atom is -0.481 e. The second-order valence-corrected chi connectivity index (χ2v) is 4.69. The molecule has 0 aliphatic heterocycles. The summed E-state index contributed by atoms with van der Waals surface area (Å²) >= 11 is 0. The smallest absolute Gasteiger partial charge is 0.327 e. The summed E-state index contributed by atoms with van der Waals surface area (Å²) in [6.45, 7) is 3.17. The van der Waals surface area contributed by atoms with E-state index in [1.807, 2.05) is 0 Å². The first-order chi connectivity index (χ1) is 9.77. The Balaban J connectivity index is 3.13. The summed E-state index contributed by atoms with van der Waals surface area (Å²) < 4.78 is 26.7. The summed E-state index contributed by atoms with van der Waals surface area (Å²) in [4.78, 5) is 21.2. The van der Waals surface area contributed by atoms with Crippen molar-refractivity contribution in [3.05, 3.63) is 33.9 Å². The third-order valence-corrected chi connectivity index (χ3v) is 3.64. The normalized spacial score (nSPS) is 11.2. The molecule has 0 fully saturated rings. The highest BCUT2D eigenvalue weighted by molar-refractivity contribution is 5.76. The van der Waals surface area contributed by atoms with Gasteiger partial charge in [0.15, 0.2) is 0 Å². The number of rotatable bonds is 7. The Morgan fingerprint density at radius 2 is 1.95 bits per heavy atom. The number of anilines is 1. The first-order valence-electron chi connectivity index (χ1n) is 6.38. The summed E-state index contributed by atoms with van der Waals surface area (Å²) in [7, 11) is 0. The van der Waals surface area contributed by atoms with Crippen molar-refractivity contribution in [3.63, 3.8) is 0 Å². The number of nitrogens with zero attached hydrogens (tertiary/aromatic N) is 1. The second kappa shape index (κ2) is 6.47. The predicted octanol–water partition coefficient (Wildman–Crippen LogP) is 3.18. The minimum absolute atomic E-state index is 0.168. The summed E-state index contributed by atoms with van der Waals surface area (Å²) in [5.41, 5.74) is -2.43. The monoisotopic (exact) mass is 302 g/mol. The molecule has 0 unspecified atom stereocenters. The van der Waals surface area contributed by atoms with E-state index in [4.69, 9.17) is 0 Å². The third-order valence-electron chi connectivity index (χ3n) is 3.64. The van der Waals surface area contributed by atoms with Crippen LogP contribution in [0.4, 0.5) is 20.2 Å². The van der Waals surface area contributed by atoms with Crippen LogP contribution in [0.25, 0.3) is 0 Å². The highest BCUT2D eigenvalue weighted by Crippen LogP contribution is 2.32. The van der Waals surface area contributed by atoms with E-state index in [1.54, 1.807) is 13.8 Å². The van der Waals surface area contributed by atoms with Crippen LogP contribution in [0.15, 0.2) is 12.1 Å². The van der Waals surface area contributed by atoms with Gasteiger partial charge in [-0.2, -0.15) is 4.39 Å². The quantitative estimate of drug-likeness (QED) is 0.596. The molecule has 0 amide bonds. The number of carbonyl (C=O) groups is 1. The molecule has 0 aliphatic carbocycles. The first-order valence-corrected chi connectivity index (χ1v) is 6.38. The molecule has 0 saturated heterocycles. The van der Waals surface area contributed by atoms with Crippen molar-refractivity contribution in [1.82, 2.24) is 0 Å². The fourth-order valence-electron chi connectivity index (χ4n) is 2.03. The molecule has 0 aromatic heterocycles. The number of nitro groups is 1. The van der Waals surface area contributed by atoms with Crippen molar-refractivity contribution in [2.45, 2.75) is 26.7 Å². The molecule has 6 nitrogen and oxygen atoms in total. The number of carboxylic acids is 1. The van der Waals surface area contributed by atoms with E-state index >= 15 is 0 Å². The van der Waals surface area contributed by atoms with E-state index in [2.05, 4.69) is 5.32 Å². The molecule has 0 radical (unpaired) electrons. The molecule has 0 atom stereocenters. The number of nitrogens with one attached hydrogen (secondary N) is 1. The van der Waals surface area contributed by atoms with Crippen LogP contribution in [0.2, 0.25) is 0 Å². The molecule has 21 heavy (non-hydrogen) atoms. The Labute approximate surface area is 119 Å². The lowest BCUT2D eigenvalue weighted by atomic mass is 9.82. The van der Waals surface area contributed by atoms with Gasteiger partial charge in [0.2, 0.25) is 5.82 Å². The molecule has 8 heteroatoms. The molecule has 0 spiro atoms. The van der Waals surface area contributed by atoms with Crippen LogP contribution in [-0.4, -0.2) is 22.5 Å². The lowest BCUT2D eigenvalue weighted by molar-refractivity contribution is -0.386. The van der Waals surface area contributed by atoms with Gasteiger partial charge < -0.3 is 10.4 Å². The molecule has 0 bridgehead atoms. The van der Waals surface area contributed by atoms with E-state index in [0.717, 1.165) is 6.07 Å². The molecular formula is C13H16F2N2O4. The Kier molecular flexibility index (Phi) is 5.17. The average molecular weight is 302 g/mol. The van der Waals surface area contributed by atoms with Crippen molar-refractivity contribution in [1.29, 1.82) is 0 Å². The van der Waals surface area contributed by atoms with E-state index in [9.17, 15) is 28.8 Å². The number of aliphatic carboxylic acids is 1. The van der Waals surface area contributed by atoms with Crippen LogP contribution in [-0.2, 0) is 4.79 Å². The molecule has 2 N–H and O–H groups in total. The summed E-state index contributed by atoms with van der Waals surface area (Å²) in [6.07, 6.45) is 0.550. The molecule has 1 aromatic carbocycles. The van der Waals surface area contributed by atoms with Crippen molar-refractivity contribution < 1.29 is 23.6 Å². The maximum Gasteiger partial charge on any atom is 0.327 e. The SMILES string of the molecule is CCC(CC)(CNc1cc(F)cc(F)c1[N+](=O)[O-])C(=O)O. The van der Waals surface area contributed by atoms with Gasteiger partial charge in [0.1, 0.15) is 11.5 Å². The van der Waals surface area contributed by atoms with Crippen LogP contribution >= 0.6 is 0 Å². The summed E-state index contributed by atoms with van der Waals surface area (Å²) in [5.74, 6) is -3.36. The zero-order valence-electron chi connectivity index (χ0n) is 11.7. The van der Waals surface area contributed by atoms with Gasteiger partial charge in [0.25, 0.3) is 0 Å². The topological polar surface area (TPSA) is 92.5 Å². The Hall–Kier alpha value is -2.25. The van der Waals surface area contributed by atoms with Gasteiger partial charge in [-0.05, 0) is 12.8 Å². The van der Waals surface area contributed by atoms with Gasteiger partial charge in [0, 0.05) is 18.7 Å². The largest absolute Gasteiger partial charge is 0.481 e. The molecule has 1 aromatic rings. The first kappa shape index (κ1) is 16.8. The molecule has 1 rings (SSSR count). The van der Waals surface area contributed by atoms with Gasteiger partial charge in [-0.15, -0.1) is 0 Å². The van der Waals surface area contributed by atoms with Gasteiger partial charge in [-0.1, -0.05) is 13.8 Å². The second-order valence-electron chi connectivity index (χ2n) is 4.69. The highest BCUT2D eigenvalue weighted by Gasteiger charge is 2.35. The number of carboxylic acid groups (broad SMARTS) is 1. The molecule has 0 heterocycles. The molecule has 0 aliphatic rings. The molecular weight excluding hydrogens is 286 g/mol. The number of halogens is 2. The zero-order chi connectivity index (χ0) is 16.2. The van der Waals surface area contributed by atoms with Crippen LogP contribution in [0.5, 0.6) is 0 Å². The van der Waals surface area contributed by atoms with Gasteiger partial charge in [0.05, 0.1) is 10.3 Å². The summed E-state index contributed by atoms with van der Waals surface area (Å²) in [5, 5.41) is 22.6. The Morgan fingerprint density at radius 3 is 2.38 bits per heavy atom. The average Bonchev–Trinajstić information content (AvgIpc) is 2.38. The van der Waals surface area contributed by atoms with Gasteiger partial charge in [-0.3, -0.25) is 14.9 Å². The fraction of sp³-hybridized carbons (Fsp3) is 0.462. The fourth-order valence-corrected chi connectivity index (χ4v) is 2.03. The van der Waals surface area contributed by atoms with E-state index < -0.39 is 33.6 Å².